The molecule has 0 spiro atoms. The van der Waals surface area contributed by atoms with Gasteiger partial charge in [0.1, 0.15) is 72.5 Å². The molecule has 24 atom stereocenters. The standard InChI is InChI=1S/C15H16O8.C14H14O9.C14H14O8.C13H12O9/c1-5(2)14(19)21-4-8(16)22-11-6-3-7-10(9(6)13(17)18)15(20)23-12(7)11;1-4(2)13(18)20-3-5(15)21-10-8-6(12(16)17)7-9(22-8)11(10)23-14(7)19;1-2-7(15)20-4-8(16)21-11-5-3-6-10(9(5)13(17)18)14(19)22-12(6)11;1-2-4(14)19-3-5(15)20-10-8-6(12(16)17)7-9(21-8)11(10)22-13(7)18/h6-7,9-12H,1,3-4H2,2H3,(H,17,18);6-11H,1,3H2,2H3,(H,16,17);2,5-6,9-12H,1,3-4H2,(H,17,18);2,6-11H,1,3H2,(H,16,17). The summed E-state index contributed by atoms with van der Waals surface area (Å²) in [7, 11) is 0. The number of carboxylic acids is 4. The second kappa shape index (κ2) is 25.5. The highest BCUT2D eigenvalue weighted by molar-refractivity contribution is 5.91. The third-order valence-corrected chi connectivity index (χ3v) is 17.4. The molecule has 0 aromatic rings. The number of esters is 12. The molecule has 12 fully saturated rings. The Morgan fingerprint density at radius 3 is 0.989 bits per heavy atom. The van der Waals surface area contributed by atoms with E-state index in [2.05, 4.69) is 40.5 Å². The Hall–Kier alpha value is -9.60. The molecule has 90 heavy (non-hydrogen) atoms. The van der Waals surface area contributed by atoms with E-state index in [1.807, 2.05) is 0 Å². The number of carboxylic acid groups (broad SMARTS) is 4. The largest absolute Gasteiger partial charge is 0.481 e. The molecule has 12 rings (SSSR count). The van der Waals surface area contributed by atoms with Gasteiger partial charge in [-0.15, -0.1) is 0 Å². The molecular formula is C56H56O34. The van der Waals surface area contributed by atoms with Crippen molar-refractivity contribution < 1.29 is 163 Å². The van der Waals surface area contributed by atoms with Gasteiger partial charge in [-0.1, -0.05) is 26.3 Å². The topological polar surface area (TPSA) is 483 Å². The van der Waals surface area contributed by atoms with E-state index in [0.717, 1.165) is 12.2 Å². The van der Waals surface area contributed by atoms with Crippen LogP contribution in [-0.4, -0.2) is 216 Å². The van der Waals surface area contributed by atoms with Crippen molar-refractivity contribution in [1.29, 1.82) is 0 Å². The van der Waals surface area contributed by atoms with E-state index < -0.39 is 254 Å². The lowest BCUT2D eigenvalue weighted by molar-refractivity contribution is -0.170. The van der Waals surface area contributed by atoms with Crippen LogP contribution in [0.15, 0.2) is 49.6 Å². The predicted octanol–water partition coefficient (Wildman–Crippen LogP) is -2.88. The first-order valence-corrected chi connectivity index (χ1v) is 27.6. The minimum atomic E-state index is -1.21. The molecular weight excluding hydrogens is 1220 g/mol. The third kappa shape index (κ3) is 11.9. The quantitative estimate of drug-likeness (QED) is 0.0540. The Morgan fingerprint density at radius 1 is 0.400 bits per heavy atom. The van der Waals surface area contributed by atoms with Gasteiger partial charge in [0.05, 0.1) is 23.7 Å². The summed E-state index contributed by atoms with van der Waals surface area (Å²) in [6, 6.07) is 0. The summed E-state index contributed by atoms with van der Waals surface area (Å²) in [5.41, 5.74) is 0.274. The van der Waals surface area contributed by atoms with Gasteiger partial charge in [0.2, 0.25) is 0 Å². The van der Waals surface area contributed by atoms with Crippen LogP contribution in [0.2, 0.25) is 0 Å². The first-order chi connectivity index (χ1) is 42.5. The second-order valence-corrected chi connectivity index (χ2v) is 22.6. The van der Waals surface area contributed by atoms with Gasteiger partial charge in [-0.05, 0) is 26.7 Å². The molecule has 4 aliphatic carbocycles. The van der Waals surface area contributed by atoms with E-state index in [9.17, 15) is 97.1 Å². The van der Waals surface area contributed by atoms with E-state index in [-0.39, 0.29) is 23.0 Å². The lowest BCUT2D eigenvalue weighted by atomic mass is 9.78. The molecule has 0 radical (unpaired) electrons. The number of carbonyl (C=O) groups excluding carboxylic acids is 12. The highest BCUT2D eigenvalue weighted by Gasteiger charge is 2.74. The van der Waals surface area contributed by atoms with Crippen LogP contribution in [-0.2, 0) is 143 Å². The van der Waals surface area contributed by atoms with Crippen molar-refractivity contribution in [2.75, 3.05) is 26.4 Å². The van der Waals surface area contributed by atoms with Crippen LogP contribution in [0.1, 0.15) is 26.7 Å². The maximum atomic E-state index is 11.8. The third-order valence-electron chi connectivity index (χ3n) is 17.4. The maximum Gasteiger partial charge on any atom is 0.344 e. The summed E-state index contributed by atoms with van der Waals surface area (Å²) in [4.78, 5) is 184. The van der Waals surface area contributed by atoms with Crippen LogP contribution in [0.25, 0.3) is 0 Å². The van der Waals surface area contributed by atoms with Crippen molar-refractivity contribution in [3.05, 3.63) is 49.6 Å². The van der Waals surface area contributed by atoms with Crippen LogP contribution in [0.3, 0.4) is 0 Å². The summed E-state index contributed by atoms with van der Waals surface area (Å²) in [5.74, 6) is -21.9. The number of fused-ring (bicyclic) bond motifs is 4. The lowest BCUT2D eigenvalue weighted by Gasteiger charge is -2.29. The molecule has 34 nitrogen and oxygen atoms in total. The van der Waals surface area contributed by atoms with E-state index >= 15 is 0 Å². The molecule has 0 aromatic heterocycles. The fourth-order valence-electron chi connectivity index (χ4n) is 14.1. The Balaban J connectivity index is 0.000000142. The summed E-state index contributed by atoms with van der Waals surface area (Å²) in [6.45, 7) is 13.5. The smallest absolute Gasteiger partial charge is 0.344 e. The fourth-order valence-corrected chi connectivity index (χ4v) is 14.1. The van der Waals surface area contributed by atoms with E-state index in [1.54, 1.807) is 0 Å². The molecule has 24 unspecified atom stereocenters. The van der Waals surface area contributed by atoms with Crippen molar-refractivity contribution in [2.45, 2.75) is 99.9 Å². The Kier molecular flexibility index (Phi) is 18.4. The predicted molar refractivity (Wildman–Crippen MR) is 272 cm³/mol. The zero-order valence-corrected chi connectivity index (χ0v) is 47.1. The Morgan fingerprint density at radius 2 is 0.689 bits per heavy atom. The number of rotatable bonds is 20. The van der Waals surface area contributed by atoms with Crippen molar-refractivity contribution >= 4 is 95.5 Å². The average molecular weight is 1270 g/mol. The minimum Gasteiger partial charge on any atom is -0.481 e. The van der Waals surface area contributed by atoms with E-state index in [1.165, 1.54) is 13.8 Å². The number of ether oxygens (including phenoxy) is 14. The molecule has 8 saturated heterocycles. The van der Waals surface area contributed by atoms with Gasteiger partial charge in [-0.2, -0.15) is 0 Å². The number of hydrogen-bond acceptors (Lipinski definition) is 30. The monoisotopic (exact) mass is 1270 g/mol. The second-order valence-electron chi connectivity index (χ2n) is 22.6. The van der Waals surface area contributed by atoms with Gasteiger partial charge < -0.3 is 86.7 Å². The SMILES string of the molecule is C=C(C)C(=O)OCC(=O)OC1C2CC3C1OC(=O)C3C2C(=O)O.C=C(C)C(=O)OCC(=O)OC1C2OC(=O)C3C2OC1C3C(=O)O.C=CC(=O)OCC(=O)OC1C2CC3C1OC(=O)C3C2C(=O)O.C=CC(=O)OCC(=O)OC1C2OC(=O)C3C2OC1C3C(=O)O. The van der Waals surface area contributed by atoms with Crippen LogP contribution >= 0.6 is 0 Å². The molecule has 0 aromatic carbocycles. The Labute approximate surface area is 504 Å². The van der Waals surface area contributed by atoms with Gasteiger partial charge in [-0.3, -0.25) is 38.4 Å². The molecule has 0 amide bonds. The van der Waals surface area contributed by atoms with Gasteiger partial charge in [0, 0.05) is 47.0 Å². The van der Waals surface area contributed by atoms with E-state index in [0.29, 0.717) is 12.8 Å². The zero-order valence-electron chi connectivity index (χ0n) is 47.1. The van der Waals surface area contributed by atoms with Gasteiger partial charge in [0.25, 0.3) is 0 Å². The summed E-state index contributed by atoms with van der Waals surface area (Å²) in [6.07, 6.45) is -7.14. The van der Waals surface area contributed by atoms with Crippen LogP contribution in [0.4, 0.5) is 0 Å². The van der Waals surface area contributed by atoms with Gasteiger partial charge in [-0.25, -0.2) is 38.4 Å². The summed E-state index contributed by atoms with van der Waals surface area (Å²) < 4.78 is 70.5. The molecule has 8 bridgehead atoms. The first-order valence-electron chi connectivity index (χ1n) is 27.6. The molecule has 8 aliphatic heterocycles. The Bertz CT molecular complexity index is 2970. The summed E-state index contributed by atoms with van der Waals surface area (Å²) in [5, 5.41) is 37.1. The van der Waals surface area contributed by atoms with Crippen molar-refractivity contribution in [2.24, 2.45) is 71.0 Å². The molecule has 484 valence electrons. The fraction of sp³-hybridized carbons (Fsp3) is 0.571. The van der Waals surface area contributed by atoms with Crippen molar-refractivity contribution in [3.63, 3.8) is 0 Å². The van der Waals surface area contributed by atoms with Crippen LogP contribution in [0.5, 0.6) is 0 Å². The van der Waals surface area contributed by atoms with Gasteiger partial charge >= 0.3 is 95.5 Å². The average Bonchev–Trinajstić information content (AvgIpc) is 1.59. The highest BCUT2D eigenvalue weighted by atomic mass is 16.7. The molecule has 8 heterocycles. The summed E-state index contributed by atoms with van der Waals surface area (Å²) >= 11 is 0. The number of hydrogen-bond donors (Lipinski definition) is 4. The van der Waals surface area contributed by atoms with Crippen molar-refractivity contribution in [1.82, 2.24) is 0 Å². The van der Waals surface area contributed by atoms with Crippen LogP contribution < -0.4 is 0 Å². The maximum absolute atomic E-state index is 11.8. The number of carbonyl (C=O) groups is 16. The lowest BCUT2D eigenvalue weighted by Crippen LogP contribution is -2.47. The molecule has 34 heteroatoms. The van der Waals surface area contributed by atoms with Gasteiger partial charge in [0.15, 0.2) is 50.8 Å². The molecule has 12 aliphatic rings. The number of aliphatic carboxylic acids is 4. The highest BCUT2D eigenvalue weighted by Crippen LogP contribution is 2.60. The van der Waals surface area contributed by atoms with E-state index in [4.69, 9.17) is 52.1 Å². The minimum absolute atomic E-state index is 0.125. The van der Waals surface area contributed by atoms with Crippen molar-refractivity contribution in [3.8, 4) is 0 Å². The first kappa shape index (κ1) is 64.9. The molecule has 4 N–H and O–H groups in total. The molecule has 4 saturated carbocycles. The zero-order chi connectivity index (χ0) is 65.8. The normalized spacial score (nSPS) is 37.0. The van der Waals surface area contributed by atoms with Crippen LogP contribution in [0, 0.1) is 71.0 Å².